The van der Waals surface area contributed by atoms with Gasteiger partial charge in [0.15, 0.2) is 0 Å². The van der Waals surface area contributed by atoms with Crippen molar-refractivity contribution in [3.05, 3.63) is 35.7 Å². The first-order chi connectivity index (χ1) is 7.70. The molecule has 0 saturated heterocycles. The Morgan fingerprint density at radius 2 is 2.31 bits per heavy atom. The minimum atomic E-state index is 0.558. The SMILES string of the molecule is COc1ncccc1Cn1cc(C)c(N)n1. The van der Waals surface area contributed by atoms with Gasteiger partial charge in [0.25, 0.3) is 0 Å². The van der Waals surface area contributed by atoms with Gasteiger partial charge in [0.2, 0.25) is 5.88 Å². The molecule has 2 N–H and O–H groups in total. The Hall–Kier alpha value is -2.04. The van der Waals surface area contributed by atoms with Crippen LogP contribution in [-0.4, -0.2) is 21.9 Å². The largest absolute Gasteiger partial charge is 0.481 e. The van der Waals surface area contributed by atoms with E-state index in [1.807, 2.05) is 25.3 Å². The lowest BCUT2D eigenvalue weighted by molar-refractivity contribution is 0.390. The molecule has 0 radical (unpaired) electrons. The third-order valence-corrected chi connectivity index (χ3v) is 2.36. The summed E-state index contributed by atoms with van der Waals surface area (Å²) in [6.07, 6.45) is 3.60. The van der Waals surface area contributed by atoms with E-state index in [0.29, 0.717) is 18.2 Å². The van der Waals surface area contributed by atoms with Crippen LogP contribution in [0.3, 0.4) is 0 Å². The molecule has 0 aliphatic heterocycles. The van der Waals surface area contributed by atoms with Gasteiger partial charge in [-0.25, -0.2) is 4.98 Å². The molecule has 5 heteroatoms. The standard InChI is InChI=1S/C11H14N4O/c1-8-6-15(14-10(8)12)7-9-4-3-5-13-11(9)16-2/h3-6H,7H2,1-2H3,(H2,12,14). The second-order valence-electron chi connectivity index (χ2n) is 3.57. The Labute approximate surface area is 93.9 Å². The van der Waals surface area contributed by atoms with Crippen molar-refractivity contribution in [2.45, 2.75) is 13.5 Å². The monoisotopic (exact) mass is 218 g/mol. The van der Waals surface area contributed by atoms with Gasteiger partial charge in [-0.05, 0) is 13.0 Å². The Morgan fingerprint density at radius 1 is 1.50 bits per heavy atom. The van der Waals surface area contributed by atoms with Gasteiger partial charge in [0.05, 0.1) is 13.7 Å². The molecule has 2 aromatic heterocycles. The molecule has 0 unspecified atom stereocenters. The van der Waals surface area contributed by atoms with Crippen molar-refractivity contribution >= 4 is 5.82 Å². The van der Waals surface area contributed by atoms with Gasteiger partial charge in [-0.2, -0.15) is 5.10 Å². The number of nitrogen functional groups attached to an aromatic ring is 1. The summed E-state index contributed by atoms with van der Waals surface area (Å²) in [5, 5.41) is 4.19. The Morgan fingerprint density at radius 3 is 2.94 bits per heavy atom. The van der Waals surface area contributed by atoms with E-state index in [4.69, 9.17) is 10.5 Å². The molecule has 2 aromatic rings. The third kappa shape index (κ3) is 1.98. The molecular formula is C11H14N4O. The fourth-order valence-electron chi connectivity index (χ4n) is 1.52. The summed E-state index contributed by atoms with van der Waals surface area (Å²) < 4.78 is 6.95. The summed E-state index contributed by atoms with van der Waals surface area (Å²) in [6.45, 7) is 2.54. The van der Waals surface area contributed by atoms with Crippen LogP contribution in [0, 0.1) is 6.92 Å². The molecular weight excluding hydrogens is 204 g/mol. The zero-order chi connectivity index (χ0) is 11.5. The number of aromatic nitrogens is 3. The van der Waals surface area contributed by atoms with E-state index in [1.54, 1.807) is 18.0 Å². The molecule has 0 saturated carbocycles. The molecule has 0 aliphatic rings. The van der Waals surface area contributed by atoms with Crippen molar-refractivity contribution in [1.29, 1.82) is 0 Å². The number of ether oxygens (including phenoxy) is 1. The molecule has 0 aliphatic carbocycles. The Balaban J connectivity index is 2.26. The minimum Gasteiger partial charge on any atom is -0.481 e. The van der Waals surface area contributed by atoms with E-state index >= 15 is 0 Å². The van der Waals surface area contributed by atoms with Crippen LogP contribution in [0.4, 0.5) is 5.82 Å². The van der Waals surface area contributed by atoms with Gasteiger partial charge in [-0.15, -0.1) is 0 Å². The number of hydrogen-bond donors (Lipinski definition) is 1. The van der Waals surface area contributed by atoms with E-state index in [0.717, 1.165) is 11.1 Å². The summed E-state index contributed by atoms with van der Waals surface area (Å²) in [4.78, 5) is 4.13. The zero-order valence-corrected chi connectivity index (χ0v) is 9.34. The van der Waals surface area contributed by atoms with Crippen molar-refractivity contribution in [2.75, 3.05) is 12.8 Å². The predicted molar refractivity (Wildman–Crippen MR) is 61.3 cm³/mol. The number of nitrogens with zero attached hydrogens (tertiary/aromatic N) is 3. The van der Waals surface area contributed by atoms with Crippen LogP contribution in [0.5, 0.6) is 5.88 Å². The molecule has 5 nitrogen and oxygen atoms in total. The number of pyridine rings is 1. The van der Waals surface area contributed by atoms with Crippen molar-refractivity contribution in [3.63, 3.8) is 0 Å². The molecule has 2 rings (SSSR count). The van der Waals surface area contributed by atoms with Crippen molar-refractivity contribution in [1.82, 2.24) is 14.8 Å². The van der Waals surface area contributed by atoms with Gasteiger partial charge in [0.1, 0.15) is 5.82 Å². The second kappa shape index (κ2) is 4.22. The maximum absolute atomic E-state index is 5.69. The van der Waals surface area contributed by atoms with Crippen LogP contribution >= 0.6 is 0 Å². The summed E-state index contributed by atoms with van der Waals surface area (Å²) in [7, 11) is 1.61. The molecule has 0 amide bonds. The van der Waals surface area contributed by atoms with E-state index < -0.39 is 0 Å². The molecule has 0 fully saturated rings. The first kappa shape index (κ1) is 10.5. The summed E-state index contributed by atoms with van der Waals surface area (Å²) in [5.41, 5.74) is 7.64. The van der Waals surface area contributed by atoms with Crippen LogP contribution < -0.4 is 10.5 Å². The summed E-state index contributed by atoms with van der Waals surface area (Å²) in [6, 6.07) is 3.83. The minimum absolute atomic E-state index is 0.558. The van der Waals surface area contributed by atoms with Gasteiger partial charge < -0.3 is 10.5 Å². The van der Waals surface area contributed by atoms with Crippen LogP contribution in [-0.2, 0) is 6.54 Å². The van der Waals surface area contributed by atoms with Gasteiger partial charge >= 0.3 is 0 Å². The molecule has 0 aromatic carbocycles. The highest BCUT2D eigenvalue weighted by molar-refractivity contribution is 5.36. The average molecular weight is 218 g/mol. The third-order valence-electron chi connectivity index (χ3n) is 2.36. The zero-order valence-electron chi connectivity index (χ0n) is 9.34. The molecule has 2 heterocycles. The van der Waals surface area contributed by atoms with Crippen LogP contribution in [0.1, 0.15) is 11.1 Å². The first-order valence-electron chi connectivity index (χ1n) is 4.98. The number of hydrogen-bond acceptors (Lipinski definition) is 4. The van der Waals surface area contributed by atoms with E-state index in [1.165, 1.54) is 0 Å². The highest BCUT2D eigenvalue weighted by atomic mass is 16.5. The van der Waals surface area contributed by atoms with Crippen LogP contribution in [0.2, 0.25) is 0 Å². The highest BCUT2D eigenvalue weighted by Crippen LogP contribution is 2.16. The average Bonchev–Trinajstić information content (AvgIpc) is 2.59. The molecule has 16 heavy (non-hydrogen) atoms. The lowest BCUT2D eigenvalue weighted by Crippen LogP contribution is -2.03. The molecule has 0 spiro atoms. The van der Waals surface area contributed by atoms with E-state index in [-0.39, 0.29) is 0 Å². The lowest BCUT2D eigenvalue weighted by atomic mass is 10.2. The topological polar surface area (TPSA) is 66.0 Å². The molecule has 0 atom stereocenters. The van der Waals surface area contributed by atoms with Gasteiger partial charge in [-0.1, -0.05) is 6.07 Å². The number of rotatable bonds is 3. The number of anilines is 1. The van der Waals surface area contributed by atoms with Crippen LogP contribution in [0.15, 0.2) is 24.5 Å². The van der Waals surface area contributed by atoms with Gasteiger partial charge in [0, 0.05) is 23.5 Å². The number of aryl methyl sites for hydroxylation is 1. The van der Waals surface area contributed by atoms with Crippen molar-refractivity contribution < 1.29 is 4.74 Å². The molecule has 84 valence electrons. The quantitative estimate of drug-likeness (QED) is 0.841. The maximum atomic E-state index is 5.69. The number of nitrogens with two attached hydrogens (primary N) is 1. The fraction of sp³-hybridized carbons (Fsp3) is 0.273. The van der Waals surface area contributed by atoms with Gasteiger partial charge in [-0.3, -0.25) is 4.68 Å². The summed E-state index contributed by atoms with van der Waals surface area (Å²) >= 11 is 0. The fourth-order valence-corrected chi connectivity index (χ4v) is 1.52. The number of methoxy groups -OCH3 is 1. The second-order valence-corrected chi connectivity index (χ2v) is 3.57. The Bertz CT molecular complexity index is 473. The van der Waals surface area contributed by atoms with Crippen molar-refractivity contribution in [2.24, 2.45) is 0 Å². The van der Waals surface area contributed by atoms with Crippen molar-refractivity contribution in [3.8, 4) is 5.88 Å². The van der Waals surface area contributed by atoms with E-state index in [2.05, 4.69) is 10.1 Å². The normalized spacial score (nSPS) is 10.4. The first-order valence-corrected chi connectivity index (χ1v) is 4.98. The van der Waals surface area contributed by atoms with E-state index in [9.17, 15) is 0 Å². The summed E-state index contributed by atoms with van der Waals surface area (Å²) in [5.74, 6) is 1.18. The lowest BCUT2D eigenvalue weighted by Gasteiger charge is -2.06. The smallest absolute Gasteiger partial charge is 0.218 e. The predicted octanol–water partition coefficient (Wildman–Crippen LogP) is 1.23. The highest BCUT2D eigenvalue weighted by Gasteiger charge is 2.06. The molecule has 0 bridgehead atoms. The van der Waals surface area contributed by atoms with Crippen LogP contribution in [0.25, 0.3) is 0 Å². The Kier molecular flexibility index (Phi) is 2.76. The maximum Gasteiger partial charge on any atom is 0.218 e.